The van der Waals surface area contributed by atoms with Crippen LogP contribution in [0.4, 0.5) is 5.69 Å². The molecule has 0 amide bonds. The molecule has 0 aliphatic carbocycles. The zero-order valence-corrected chi connectivity index (χ0v) is 7.86. The van der Waals surface area contributed by atoms with E-state index >= 15 is 0 Å². The maximum atomic E-state index is 10.3. The molecular formula is C8H8ClNO4. The van der Waals surface area contributed by atoms with Gasteiger partial charge in [-0.2, -0.15) is 0 Å². The average Bonchev–Trinajstić information content (AvgIpc) is 2.03. The number of aliphatic carboxylic acids is 1. The molecule has 0 saturated heterocycles. The summed E-state index contributed by atoms with van der Waals surface area (Å²) in [5.41, 5.74) is 0.348. The second-order valence-corrected chi connectivity index (χ2v) is 2.50. The molecule has 1 aromatic carbocycles. The topological polar surface area (TPSA) is 80.4 Å². The lowest BCUT2D eigenvalue weighted by Gasteiger charge is -1.95. The van der Waals surface area contributed by atoms with Crippen LogP contribution >= 0.6 is 12.4 Å². The fourth-order valence-electron chi connectivity index (χ4n) is 0.955. The molecule has 0 bridgehead atoms. The lowest BCUT2D eigenvalue weighted by atomic mass is 10.1. The summed E-state index contributed by atoms with van der Waals surface area (Å²) in [5.74, 6) is -1.000. The number of hydrogen-bond donors (Lipinski definition) is 1. The Morgan fingerprint density at radius 2 is 2.14 bits per heavy atom. The minimum Gasteiger partial charge on any atom is -0.481 e. The van der Waals surface area contributed by atoms with E-state index < -0.39 is 10.9 Å². The first-order chi connectivity index (χ1) is 6.09. The molecule has 0 aliphatic heterocycles. The van der Waals surface area contributed by atoms with Crippen LogP contribution < -0.4 is 0 Å². The van der Waals surface area contributed by atoms with E-state index in [9.17, 15) is 14.9 Å². The number of rotatable bonds is 3. The van der Waals surface area contributed by atoms with Gasteiger partial charge in [0.25, 0.3) is 5.69 Å². The van der Waals surface area contributed by atoms with Crippen molar-refractivity contribution in [2.24, 2.45) is 0 Å². The Labute approximate surface area is 85.9 Å². The van der Waals surface area contributed by atoms with Crippen molar-refractivity contribution in [1.82, 2.24) is 0 Å². The van der Waals surface area contributed by atoms with E-state index in [4.69, 9.17) is 5.11 Å². The number of halogens is 1. The minimum atomic E-state index is -1.000. The molecule has 0 saturated carbocycles. The Kier molecular flexibility index (Phi) is 4.58. The second kappa shape index (κ2) is 5.18. The minimum absolute atomic E-state index is 0. The van der Waals surface area contributed by atoms with E-state index in [1.807, 2.05) is 0 Å². The van der Waals surface area contributed by atoms with Crippen LogP contribution in [0.15, 0.2) is 24.3 Å². The molecule has 0 atom stereocenters. The normalized spacial score (nSPS) is 8.86. The fourth-order valence-corrected chi connectivity index (χ4v) is 0.955. The van der Waals surface area contributed by atoms with Crippen LogP contribution in [0.2, 0.25) is 0 Å². The Hall–Kier alpha value is -1.62. The van der Waals surface area contributed by atoms with Gasteiger partial charge >= 0.3 is 5.97 Å². The number of hydrogen-bond acceptors (Lipinski definition) is 3. The van der Waals surface area contributed by atoms with Crippen LogP contribution in [0, 0.1) is 10.1 Å². The van der Waals surface area contributed by atoms with Gasteiger partial charge in [-0.25, -0.2) is 0 Å². The van der Waals surface area contributed by atoms with Crippen molar-refractivity contribution in [3.05, 3.63) is 39.9 Å². The molecule has 1 N–H and O–H groups in total. The summed E-state index contributed by atoms with van der Waals surface area (Å²) in [6.45, 7) is 0. The van der Waals surface area contributed by atoms with Gasteiger partial charge in [0.1, 0.15) is 0 Å². The highest BCUT2D eigenvalue weighted by molar-refractivity contribution is 5.85. The summed E-state index contributed by atoms with van der Waals surface area (Å²) in [6, 6.07) is 5.59. The van der Waals surface area contributed by atoms with Crippen molar-refractivity contribution in [3.63, 3.8) is 0 Å². The Balaban J connectivity index is 0.00000169. The van der Waals surface area contributed by atoms with Crippen molar-refractivity contribution < 1.29 is 14.8 Å². The highest BCUT2D eigenvalue weighted by Crippen LogP contribution is 2.13. The largest absolute Gasteiger partial charge is 0.481 e. The maximum absolute atomic E-state index is 10.3. The average molecular weight is 218 g/mol. The Bertz CT molecular complexity index is 353. The summed E-state index contributed by atoms with van der Waals surface area (Å²) in [5, 5.41) is 18.7. The van der Waals surface area contributed by atoms with Crippen LogP contribution in [0.5, 0.6) is 0 Å². The van der Waals surface area contributed by atoms with Crippen molar-refractivity contribution >= 4 is 24.1 Å². The predicted molar refractivity (Wildman–Crippen MR) is 51.7 cm³/mol. The van der Waals surface area contributed by atoms with Gasteiger partial charge in [-0.15, -0.1) is 12.4 Å². The zero-order valence-electron chi connectivity index (χ0n) is 7.04. The number of nitro benzene ring substituents is 1. The molecule has 0 radical (unpaired) electrons. The molecule has 14 heavy (non-hydrogen) atoms. The SMILES string of the molecule is Cl.O=C(O)Cc1cccc([N+](=O)[O-])c1. The molecule has 76 valence electrons. The van der Waals surface area contributed by atoms with Crippen LogP contribution in [0.1, 0.15) is 5.56 Å². The molecule has 1 aromatic rings. The highest BCUT2D eigenvalue weighted by atomic mass is 35.5. The van der Waals surface area contributed by atoms with Gasteiger partial charge in [-0.1, -0.05) is 12.1 Å². The first kappa shape index (κ1) is 12.4. The molecule has 0 aliphatic rings. The van der Waals surface area contributed by atoms with E-state index in [1.54, 1.807) is 6.07 Å². The standard InChI is InChI=1S/C8H7NO4.ClH/c10-8(11)5-6-2-1-3-7(4-6)9(12)13;/h1-4H,5H2,(H,10,11);1H. The number of carbonyl (C=O) groups is 1. The molecule has 0 spiro atoms. The summed E-state index contributed by atoms with van der Waals surface area (Å²) < 4.78 is 0. The van der Waals surface area contributed by atoms with Gasteiger partial charge in [0, 0.05) is 12.1 Å². The van der Waals surface area contributed by atoms with Gasteiger partial charge in [-0.3, -0.25) is 14.9 Å². The summed E-state index contributed by atoms with van der Waals surface area (Å²) in [4.78, 5) is 20.0. The lowest BCUT2D eigenvalue weighted by molar-refractivity contribution is -0.384. The van der Waals surface area contributed by atoms with Crippen molar-refractivity contribution in [3.8, 4) is 0 Å². The number of carboxylic acid groups (broad SMARTS) is 1. The first-order valence-electron chi connectivity index (χ1n) is 3.54. The third-order valence-electron chi connectivity index (χ3n) is 1.48. The predicted octanol–water partition coefficient (Wildman–Crippen LogP) is 1.64. The molecule has 1 rings (SSSR count). The van der Waals surface area contributed by atoms with Crippen LogP contribution in [-0.2, 0) is 11.2 Å². The lowest BCUT2D eigenvalue weighted by Crippen LogP contribution is -2.00. The molecule has 0 aromatic heterocycles. The molecule has 6 heteroatoms. The maximum Gasteiger partial charge on any atom is 0.307 e. The number of benzene rings is 1. The van der Waals surface area contributed by atoms with Crippen molar-refractivity contribution in [2.75, 3.05) is 0 Å². The summed E-state index contributed by atoms with van der Waals surface area (Å²) in [7, 11) is 0. The van der Waals surface area contributed by atoms with E-state index in [0.717, 1.165) is 0 Å². The molecule has 0 unspecified atom stereocenters. The zero-order chi connectivity index (χ0) is 9.84. The monoisotopic (exact) mass is 217 g/mol. The van der Waals surface area contributed by atoms with E-state index in [1.165, 1.54) is 18.2 Å². The van der Waals surface area contributed by atoms with E-state index in [2.05, 4.69) is 0 Å². The second-order valence-electron chi connectivity index (χ2n) is 2.50. The Morgan fingerprint density at radius 1 is 1.50 bits per heavy atom. The third kappa shape index (κ3) is 3.40. The summed E-state index contributed by atoms with van der Waals surface area (Å²) >= 11 is 0. The number of nitrogens with zero attached hydrogens (tertiary/aromatic N) is 1. The molecular weight excluding hydrogens is 210 g/mol. The van der Waals surface area contributed by atoms with E-state index in [-0.39, 0.29) is 24.5 Å². The fraction of sp³-hybridized carbons (Fsp3) is 0.125. The third-order valence-corrected chi connectivity index (χ3v) is 1.48. The highest BCUT2D eigenvalue weighted by Gasteiger charge is 2.07. The number of carboxylic acids is 1. The van der Waals surface area contributed by atoms with Crippen molar-refractivity contribution in [2.45, 2.75) is 6.42 Å². The Morgan fingerprint density at radius 3 is 2.64 bits per heavy atom. The van der Waals surface area contributed by atoms with Crippen LogP contribution in [0.25, 0.3) is 0 Å². The van der Waals surface area contributed by atoms with Crippen LogP contribution in [0.3, 0.4) is 0 Å². The number of non-ortho nitro benzene ring substituents is 1. The quantitative estimate of drug-likeness (QED) is 0.617. The molecule has 5 nitrogen and oxygen atoms in total. The molecule has 0 heterocycles. The smallest absolute Gasteiger partial charge is 0.307 e. The van der Waals surface area contributed by atoms with Gasteiger partial charge in [0.2, 0.25) is 0 Å². The number of nitro groups is 1. The van der Waals surface area contributed by atoms with Gasteiger partial charge in [0.05, 0.1) is 11.3 Å². The molecule has 0 fully saturated rings. The van der Waals surface area contributed by atoms with Crippen LogP contribution in [-0.4, -0.2) is 16.0 Å². The van der Waals surface area contributed by atoms with Gasteiger partial charge in [-0.05, 0) is 5.56 Å². The van der Waals surface area contributed by atoms with Gasteiger partial charge in [0.15, 0.2) is 0 Å². The van der Waals surface area contributed by atoms with Crippen molar-refractivity contribution in [1.29, 1.82) is 0 Å². The van der Waals surface area contributed by atoms with Gasteiger partial charge < -0.3 is 5.11 Å². The van der Waals surface area contributed by atoms with E-state index in [0.29, 0.717) is 5.56 Å². The summed E-state index contributed by atoms with van der Waals surface area (Å²) in [6.07, 6.45) is -0.193. The first-order valence-corrected chi connectivity index (χ1v) is 3.54.